The molecule has 60 valence electrons. The highest BCUT2D eigenvalue weighted by Gasteiger charge is 2.14. The van der Waals surface area contributed by atoms with E-state index in [4.69, 9.17) is 15.7 Å². The number of carbonyl (C=O) groups excluding carboxylic acids is 1. The maximum absolute atomic E-state index is 10.3. The molecule has 0 aliphatic heterocycles. The van der Waals surface area contributed by atoms with Gasteiger partial charge in [0.15, 0.2) is 0 Å². The van der Waals surface area contributed by atoms with E-state index in [9.17, 15) is 9.36 Å². The summed E-state index contributed by atoms with van der Waals surface area (Å²) < 4.78 is 13.6. The van der Waals surface area contributed by atoms with Gasteiger partial charge in [-0.1, -0.05) is 0 Å². The SMILES string of the molecule is N[C@@H](CO)C(=O)O[PH](=O)O. The van der Waals surface area contributed by atoms with Crippen LogP contribution in [0.3, 0.4) is 0 Å². The molecule has 0 aromatic carbocycles. The number of aliphatic hydroxyl groups excluding tert-OH is 1. The van der Waals surface area contributed by atoms with Crippen molar-refractivity contribution in [3.8, 4) is 0 Å². The second-order valence-corrected chi connectivity index (χ2v) is 2.21. The summed E-state index contributed by atoms with van der Waals surface area (Å²) in [5.74, 6) is -1.08. The molecule has 10 heavy (non-hydrogen) atoms. The van der Waals surface area contributed by atoms with Crippen LogP contribution in [0, 0.1) is 0 Å². The highest BCUT2D eigenvalue weighted by molar-refractivity contribution is 7.32. The summed E-state index contributed by atoms with van der Waals surface area (Å²) in [5.41, 5.74) is 4.91. The Morgan fingerprint density at radius 1 is 1.80 bits per heavy atom. The van der Waals surface area contributed by atoms with Crippen molar-refractivity contribution in [3.63, 3.8) is 0 Å². The summed E-state index contributed by atoms with van der Waals surface area (Å²) in [4.78, 5) is 18.4. The quantitative estimate of drug-likeness (QED) is 0.431. The van der Waals surface area contributed by atoms with Crippen LogP contribution in [0.25, 0.3) is 0 Å². The van der Waals surface area contributed by atoms with Crippen LogP contribution in [0.5, 0.6) is 0 Å². The molecule has 0 saturated heterocycles. The Bertz CT molecular complexity index is 148. The molecule has 2 atom stereocenters. The molecule has 0 amide bonds. The molecular formula is C3H8NO5P. The zero-order valence-electron chi connectivity index (χ0n) is 4.98. The topological polar surface area (TPSA) is 110 Å². The fourth-order valence-corrected chi connectivity index (χ4v) is 0.560. The van der Waals surface area contributed by atoms with E-state index in [1.165, 1.54) is 0 Å². The third kappa shape index (κ3) is 3.58. The van der Waals surface area contributed by atoms with E-state index in [0.29, 0.717) is 0 Å². The van der Waals surface area contributed by atoms with E-state index in [1.54, 1.807) is 0 Å². The normalized spacial score (nSPS) is 15.9. The molecule has 0 bridgehead atoms. The third-order valence-corrected chi connectivity index (χ3v) is 1.06. The molecule has 4 N–H and O–H groups in total. The van der Waals surface area contributed by atoms with E-state index in [2.05, 4.69) is 4.52 Å². The van der Waals surface area contributed by atoms with Crippen LogP contribution in [0.15, 0.2) is 0 Å². The van der Waals surface area contributed by atoms with Crippen LogP contribution in [-0.4, -0.2) is 28.6 Å². The molecule has 1 unspecified atom stereocenters. The first kappa shape index (κ1) is 9.58. The Balaban J connectivity index is 3.73. The molecule has 0 aliphatic rings. The Labute approximate surface area is 57.6 Å². The molecule has 0 aromatic rings. The summed E-state index contributed by atoms with van der Waals surface area (Å²) in [6, 6.07) is -1.24. The molecule has 6 nitrogen and oxygen atoms in total. The predicted octanol–water partition coefficient (Wildman–Crippen LogP) is -1.77. The maximum Gasteiger partial charge on any atom is 0.367 e. The Kier molecular flexibility index (Phi) is 4.22. The maximum atomic E-state index is 10.3. The number of hydrogen-bond donors (Lipinski definition) is 3. The van der Waals surface area contributed by atoms with Crippen molar-refractivity contribution in [2.75, 3.05) is 6.61 Å². The minimum atomic E-state index is -3.28. The number of carbonyl (C=O) groups is 1. The summed E-state index contributed by atoms with van der Waals surface area (Å²) in [6.45, 7) is -0.603. The van der Waals surface area contributed by atoms with Crippen LogP contribution in [0.2, 0.25) is 0 Å². The summed E-state index contributed by atoms with van der Waals surface area (Å²) >= 11 is 0. The average molecular weight is 169 g/mol. The molecule has 0 spiro atoms. The average Bonchev–Trinajstić information content (AvgIpc) is 1.85. The molecule has 0 aliphatic carbocycles. The van der Waals surface area contributed by atoms with Crippen molar-refractivity contribution in [1.82, 2.24) is 0 Å². The molecule has 0 fully saturated rings. The van der Waals surface area contributed by atoms with Gasteiger partial charge in [-0.15, -0.1) is 0 Å². The monoisotopic (exact) mass is 169 g/mol. The van der Waals surface area contributed by atoms with Gasteiger partial charge < -0.3 is 20.3 Å². The molecule has 0 radical (unpaired) electrons. The first-order chi connectivity index (χ1) is 4.57. The molecule has 7 heteroatoms. The fraction of sp³-hybridized carbons (Fsp3) is 0.667. The molecular weight excluding hydrogens is 161 g/mol. The van der Waals surface area contributed by atoms with Gasteiger partial charge in [-0.3, -0.25) is 0 Å². The van der Waals surface area contributed by atoms with Crippen LogP contribution in [0.1, 0.15) is 0 Å². The first-order valence-corrected chi connectivity index (χ1v) is 3.65. The van der Waals surface area contributed by atoms with Crippen LogP contribution < -0.4 is 5.73 Å². The lowest BCUT2D eigenvalue weighted by Gasteiger charge is -2.04. The van der Waals surface area contributed by atoms with Crippen molar-refractivity contribution in [3.05, 3.63) is 0 Å². The Hall–Kier alpha value is -0.420. The predicted molar refractivity (Wildman–Crippen MR) is 32.4 cm³/mol. The van der Waals surface area contributed by atoms with E-state index in [0.717, 1.165) is 0 Å². The number of hydrogen-bond acceptors (Lipinski definition) is 5. The Morgan fingerprint density at radius 2 is 2.30 bits per heavy atom. The lowest BCUT2D eigenvalue weighted by molar-refractivity contribution is -0.136. The van der Waals surface area contributed by atoms with Crippen LogP contribution >= 0.6 is 8.25 Å². The second-order valence-electron chi connectivity index (χ2n) is 1.48. The number of rotatable bonds is 3. The van der Waals surface area contributed by atoms with Crippen molar-refractivity contribution < 1.29 is 23.9 Å². The van der Waals surface area contributed by atoms with Gasteiger partial charge in [-0.25, -0.2) is 9.36 Å². The fourth-order valence-electron chi connectivity index (χ4n) is 0.236. The summed E-state index contributed by atoms with van der Waals surface area (Å²) in [5, 5.41) is 8.22. The third-order valence-electron chi connectivity index (χ3n) is 0.687. The molecule has 0 rings (SSSR count). The van der Waals surface area contributed by atoms with E-state index < -0.39 is 26.9 Å². The van der Waals surface area contributed by atoms with E-state index >= 15 is 0 Å². The van der Waals surface area contributed by atoms with Crippen molar-refractivity contribution >= 4 is 14.2 Å². The lowest BCUT2D eigenvalue weighted by Crippen LogP contribution is -2.34. The summed E-state index contributed by atoms with van der Waals surface area (Å²) in [6.07, 6.45) is 0. The van der Waals surface area contributed by atoms with Gasteiger partial charge in [-0.05, 0) is 0 Å². The zero-order valence-corrected chi connectivity index (χ0v) is 5.98. The van der Waals surface area contributed by atoms with Gasteiger partial charge in [-0.2, -0.15) is 0 Å². The Morgan fingerprint density at radius 3 is 2.60 bits per heavy atom. The van der Waals surface area contributed by atoms with Crippen molar-refractivity contribution in [2.24, 2.45) is 5.73 Å². The van der Waals surface area contributed by atoms with Crippen LogP contribution in [0.4, 0.5) is 0 Å². The first-order valence-electron chi connectivity index (χ1n) is 2.39. The van der Waals surface area contributed by atoms with Gasteiger partial charge in [0.1, 0.15) is 6.04 Å². The highest BCUT2D eigenvalue weighted by Crippen LogP contribution is 2.14. The van der Waals surface area contributed by atoms with Crippen molar-refractivity contribution in [1.29, 1.82) is 0 Å². The summed E-state index contributed by atoms with van der Waals surface area (Å²) in [7, 11) is -3.28. The largest absolute Gasteiger partial charge is 0.394 e. The molecule has 0 heterocycles. The van der Waals surface area contributed by atoms with Gasteiger partial charge in [0.05, 0.1) is 6.61 Å². The van der Waals surface area contributed by atoms with E-state index in [-0.39, 0.29) is 0 Å². The zero-order chi connectivity index (χ0) is 8.15. The minimum absolute atomic E-state index is 0.603. The minimum Gasteiger partial charge on any atom is -0.394 e. The van der Waals surface area contributed by atoms with Crippen LogP contribution in [-0.2, 0) is 13.9 Å². The molecule has 0 saturated carbocycles. The number of aliphatic hydroxyl groups is 1. The standard InChI is InChI=1S/C3H8NO5P/c4-2(1-5)3(6)9-10(7)8/h2,5,10H,1,4H2,(H,7,8)/t2-/m0/s1. The van der Waals surface area contributed by atoms with Gasteiger partial charge >= 0.3 is 14.2 Å². The van der Waals surface area contributed by atoms with Gasteiger partial charge in [0.2, 0.25) is 0 Å². The smallest absolute Gasteiger partial charge is 0.367 e. The lowest BCUT2D eigenvalue weighted by atomic mass is 10.3. The van der Waals surface area contributed by atoms with E-state index in [1.807, 2.05) is 0 Å². The highest BCUT2D eigenvalue weighted by atomic mass is 31.1. The van der Waals surface area contributed by atoms with Gasteiger partial charge in [0, 0.05) is 0 Å². The molecule has 0 aromatic heterocycles. The van der Waals surface area contributed by atoms with Crippen molar-refractivity contribution in [2.45, 2.75) is 6.04 Å². The second kappa shape index (κ2) is 4.40. The number of nitrogens with two attached hydrogens (primary N) is 1. The van der Waals surface area contributed by atoms with Gasteiger partial charge in [0.25, 0.3) is 0 Å².